The van der Waals surface area contributed by atoms with Gasteiger partial charge in [0.15, 0.2) is 0 Å². The lowest BCUT2D eigenvalue weighted by atomic mass is 9.50. The lowest BCUT2D eigenvalue weighted by Gasteiger charge is -2.54. The van der Waals surface area contributed by atoms with Crippen LogP contribution in [0.5, 0.6) is 0 Å². The van der Waals surface area contributed by atoms with Crippen molar-refractivity contribution in [2.75, 3.05) is 26.4 Å². The first-order valence-corrected chi connectivity index (χ1v) is 31.6. The minimum Gasteiger partial charge on any atom is -0.512 e. The third kappa shape index (κ3) is 20.4. The van der Waals surface area contributed by atoms with Crippen molar-refractivity contribution in [2.24, 2.45) is 70.4 Å². The molecule has 0 bridgehead atoms. The Labute approximate surface area is 536 Å². The zero-order valence-electron chi connectivity index (χ0n) is 59.4. The highest BCUT2D eigenvalue weighted by molar-refractivity contribution is 5.68. The van der Waals surface area contributed by atoms with E-state index in [0.717, 1.165) is 48.0 Å². The van der Waals surface area contributed by atoms with Crippen LogP contribution in [0.4, 0.5) is 0 Å². The number of aliphatic hydroxyl groups excluding tert-OH is 8. The summed E-state index contributed by atoms with van der Waals surface area (Å²) in [5, 5.41) is 112. The number of hydrogen-bond donors (Lipinski definition) is 12. The zero-order chi connectivity index (χ0) is 70.4. The molecule has 0 atom stereocenters. The van der Waals surface area contributed by atoms with E-state index in [-0.39, 0.29) is 90.7 Å². The van der Waals surface area contributed by atoms with Crippen molar-refractivity contribution in [3.63, 3.8) is 0 Å². The number of aliphatic carboxylic acids is 4. The lowest BCUT2D eigenvalue weighted by Crippen LogP contribution is -2.49. The Hall–Kier alpha value is -5.16. The van der Waals surface area contributed by atoms with Gasteiger partial charge >= 0.3 is 23.9 Å². The van der Waals surface area contributed by atoms with Gasteiger partial charge in [-0.15, -0.1) is 0 Å². The number of allylic oxidation sites excluding steroid dienone is 16. The number of carboxylic acids is 4. The Balaban J connectivity index is 0.00000111. The second-order valence-electron chi connectivity index (χ2n) is 33.5. The van der Waals surface area contributed by atoms with Crippen LogP contribution in [0, 0.1) is 70.4 Å². The molecule has 0 radical (unpaired) electrons. The van der Waals surface area contributed by atoms with E-state index in [0.29, 0.717) is 48.7 Å². The summed E-state index contributed by atoms with van der Waals surface area (Å²) in [6.45, 7) is 49.8. The summed E-state index contributed by atoms with van der Waals surface area (Å²) in [4.78, 5) is 43.1. The molecule has 0 aromatic heterocycles. The smallest absolute Gasteiger partial charge is 0.303 e. The summed E-state index contributed by atoms with van der Waals surface area (Å²) in [6, 6.07) is 0. The van der Waals surface area contributed by atoms with Crippen molar-refractivity contribution in [3.05, 3.63) is 93.9 Å². The van der Waals surface area contributed by atoms with Crippen molar-refractivity contribution < 1.29 is 80.5 Å². The fraction of sp³-hybridized carbons (Fsp3) is 0.726. The minimum atomic E-state index is -1.11. The topological polar surface area (TPSA) is 311 Å². The van der Waals surface area contributed by atoms with Crippen molar-refractivity contribution in [2.45, 2.75) is 243 Å². The maximum atomic E-state index is 10.8. The molecule has 0 spiro atoms. The van der Waals surface area contributed by atoms with Crippen LogP contribution in [0.25, 0.3) is 0 Å². The molecule has 0 aromatic rings. The first-order valence-electron chi connectivity index (χ1n) is 31.6. The Kier molecular flexibility index (Phi) is 29.6. The molecule has 0 saturated carbocycles. The maximum absolute atomic E-state index is 10.8. The molecule has 16 heteroatoms. The molecule has 0 aliphatic heterocycles. The summed E-state index contributed by atoms with van der Waals surface area (Å²) >= 11 is 0. The van der Waals surface area contributed by atoms with Gasteiger partial charge in [0.25, 0.3) is 0 Å². The van der Waals surface area contributed by atoms with Gasteiger partial charge in [0, 0.05) is 47.3 Å². The standard InChI is InChI=1S/4C17H28O3.C5H12O4/c4*1-15(2,3)17(16(4,5)6)11-12(7-9-13(17)18)8-10-14(19)20;6-1-5(2-7,3-8)4-9/h4*7,9,18H,8,10-11H2,1-6H3,(H,19,20);6-9H,1-4H2. The molecule has 0 heterocycles. The highest BCUT2D eigenvalue weighted by Gasteiger charge is 2.58. The lowest BCUT2D eigenvalue weighted by molar-refractivity contribution is -0.138. The Morgan fingerprint density at radius 2 is 0.427 bits per heavy atom. The normalized spacial score (nSPS) is 18.6. The third-order valence-electron chi connectivity index (χ3n) is 19.8. The van der Waals surface area contributed by atoms with Crippen molar-refractivity contribution in [3.8, 4) is 0 Å². The predicted molar refractivity (Wildman–Crippen MR) is 357 cm³/mol. The van der Waals surface area contributed by atoms with Gasteiger partial charge in [-0.2, -0.15) is 0 Å². The number of aliphatic hydroxyl groups is 8. The first-order chi connectivity index (χ1) is 39.9. The number of hydrogen-bond acceptors (Lipinski definition) is 12. The summed E-state index contributed by atoms with van der Waals surface area (Å²) in [7, 11) is 0. The summed E-state index contributed by atoms with van der Waals surface area (Å²) in [6.07, 6.45) is 20.2. The van der Waals surface area contributed by atoms with Crippen molar-refractivity contribution in [1.29, 1.82) is 0 Å². The molecule has 0 fully saturated rings. The molecule has 4 rings (SSSR count). The summed E-state index contributed by atoms with van der Waals surface area (Å²) < 4.78 is 0. The van der Waals surface area contributed by atoms with Crippen molar-refractivity contribution >= 4 is 23.9 Å². The predicted octanol–water partition coefficient (Wildman–Crippen LogP) is 16.7. The van der Waals surface area contributed by atoms with Gasteiger partial charge in [-0.25, -0.2) is 0 Å². The highest BCUT2D eigenvalue weighted by Crippen LogP contribution is 2.64. The monoisotopic (exact) mass is 1260 g/mol. The molecule has 0 amide bonds. The van der Waals surface area contributed by atoms with Gasteiger partial charge in [0.1, 0.15) is 0 Å². The molecule has 0 saturated heterocycles. The van der Waals surface area contributed by atoms with E-state index in [4.69, 9.17) is 40.9 Å². The first kappa shape index (κ1) is 83.8. The van der Waals surface area contributed by atoms with Gasteiger partial charge < -0.3 is 61.3 Å². The van der Waals surface area contributed by atoms with E-state index in [9.17, 15) is 39.6 Å². The maximum Gasteiger partial charge on any atom is 0.303 e. The van der Waals surface area contributed by atoms with E-state index in [1.165, 1.54) is 0 Å². The largest absolute Gasteiger partial charge is 0.512 e. The second kappa shape index (κ2) is 31.4. The van der Waals surface area contributed by atoms with E-state index in [2.05, 4.69) is 166 Å². The van der Waals surface area contributed by atoms with E-state index in [1.807, 2.05) is 24.3 Å². The molecule has 12 N–H and O–H groups in total. The van der Waals surface area contributed by atoms with E-state index < -0.39 is 55.7 Å². The van der Waals surface area contributed by atoms with E-state index >= 15 is 0 Å². The van der Waals surface area contributed by atoms with E-state index in [1.54, 1.807) is 24.3 Å². The number of carboxylic acid groups (broad SMARTS) is 4. The molecular weight excluding hydrogens is 1130 g/mol. The minimum absolute atomic E-state index is 0.117. The summed E-state index contributed by atoms with van der Waals surface area (Å²) in [5.41, 5.74) is 0.893. The SMILES string of the molecule is CC(C)(C)C1(C(C)(C)C)CC(CCC(=O)O)=CC=C1O.CC(C)(C)C1(C(C)(C)C)CC(CCC(=O)O)=CC=C1O.CC(C)(C)C1(C(C)(C)C)CC(CCC(=O)O)=CC=C1O.CC(C)(C)C1(C(C)(C)C)CC(CCC(=O)O)=CC=C1O.OCC(CO)(CO)CO. The Morgan fingerprint density at radius 1 is 0.292 bits per heavy atom. The molecule has 512 valence electrons. The molecule has 0 unspecified atom stereocenters. The van der Waals surface area contributed by atoms with Gasteiger partial charge in [-0.05, 0) is 119 Å². The number of rotatable bonds is 16. The summed E-state index contributed by atoms with van der Waals surface area (Å²) in [5.74, 6) is -1.45. The van der Waals surface area contributed by atoms with Gasteiger partial charge in [0.05, 0.1) is 54.9 Å². The molecule has 16 nitrogen and oxygen atoms in total. The average Bonchev–Trinajstić information content (AvgIpc) is 0.794. The zero-order valence-corrected chi connectivity index (χ0v) is 59.4. The van der Waals surface area contributed by atoms with Crippen LogP contribution in [-0.2, 0) is 19.2 Å². The Bertz CT molecular complexity index is 2220. The van der Waals surface area contributed by atoms with Crippen LogP contribution >= 0.6 is 0 Å². The fourth-order valence-electron chi connectivity index (χ4n) is 15.1. The number of carbonyl (C=O) groups is 4. The Morgan fingerprint density at radius 3 is 0.517 bits per heavy atom. The van der Waals surface area contributed by atoms with Crippen LogP contribution in [0.2, 0.25) is 0 Å². The fourth-order valence-corrected chi connectivity index (χ4v) is 15.1. The van der Waals surface area contributed by atoms with Crippen LogP contribution in [-0.4, -0.2) is 112 Å². The molecule has 0 aromatic carbocycles. The van der Waals surface area contributed by atoms with Crippen LogP contribution < -0.4 is 0 Å². The highest BCUT2D eigenvalue weighted by atomic mass is 16.4. The molecule has 4 aliphatic carbocycles. The third-order valence-corrected chi connectivity index (χ3v) is 19.8. The molecular formula is C73H124O16. The second-order valence-corrected chi connectivity index (χ2v) is 33.5. The van der Waals surface area contributed by atoms with Crippen molar-refractivity contribution in [1.82, 2.24) is 0 Å². The van der Waals surface area contributed by atoms with Gasteiger partial charge in [-0.3, -0.25) is 19.2 Å². The quantitative estimate of drug-likeness (QED) is 0.0683. The average molecular weight is 1260 g/mol. The molecule has 4 aliphatic rings. The van der Waals surface area contributed by atoms with Crippen LogP contribution in [0.15, 0.2) is 93.9 Å². The van der Waals surface area contributed by atoms with Crippen LogP contribution in [0.1, 0.15) is 243 Å². The molecule has 89 heavy (non-hydrogen) atoms. The van der Waals surface area contributed by atoms with Crippen LogP contribution in [0.3, 0.4) is 0 Å². The van der Waals surface area contributed by atoms with Gasteiger partial charge in [-0.1, -0.05) is 213 Å². The van der Waals surface area contributed by atoms with Gasteiger partial charge in [0.2, 0.25) is 0 Å².